The third-order valence-corrected chi connectivity index (χ3v) is 4.30. The van der Waals surface area contributed by atoms with Gasteiger partial charge in [-0.2, -0.15) is 5.10 Å². The maximum absolute atomic E-state index is 12.9. The second kappa shape index (κ2) is 7.57. The van der Waals surface area contributed by atoms with Gasteiger partial charge in [-0.1, -0.05) is 18.2 Å². The predicted molar refractivity (Wildman–Crippen MR) is 90.5 cm³/mol. The summed E-state index contributed by atoms with van der Waals surface area (Å²) in [6.45, 7) is 4.01. The minimum atomic E-state index is 0. The molecule has 1 aliphatic heterocycles. The molecule has 6 nitrogen and oxygen atoms in total. The molecule has 0 bridgehead atoms. The van der Waals surface area contributed by atoms with E-state index in [9.17, 15) is 4.79 Å². The predicted octanol–water partition coefficient (Wildman–Crippen LogP) is 1.56. The van der Waals surface area contributed by atoms with Crippen molar-refractivity contribution >= 4 is 18.3 Å². The molecule has 7 heteroatoms. The van der Waals surface area contributed by atoms with E-state index in [2.05, 4.69) is 17.0 Å². The molecule has 0 spiro atoms. The van der Waals surface area contributed by atoms with Crippen molar-refractivity contribution in [2.24, 2.45) is 11.7 Å². The summed E-state index contributed by atoms with van der Waals surface area (Å²) in [5, 5.41) is 4.11. The molecule has 124 valence electrons. The molecular formula is C16H22ClN5O. The Kier molecular flexibility index (Phi) is 5.74. The SMILES string of the molecule is CC1CC(CN)CN1C(=O)c1ccccc1Cn1cncn1.Cl. The van der Waals surface area contributed by atoms with Gasteiger partial charge >= 0.3 is 0 Å². The van der Waals surface area contributed by atoms with Crippen LogP contribution in [0.1, 0.15) is 29.3 Å². The van der Waals surface area contributed by atoms with Crippen LogP contribution in [0, 0.1) is 5.92 Å². The molecule has 23 heavy (non-hydrogen) atoms. The van der Waals surface area contributed by atoms with Gasteiger partial charge in [0.25, 0.3) is 5.91 Å². The van der Waals surface area contributed by atoms with Crippen LogP contribution in [-0.4, -0.2) is 44.7 Å². The van der Waals surface area contributed by atoms with E-state index in [1.165, 1.54) is 6.33 Å². The van der Waals surface area contributed by atoms with Crippen LogP contribution >= 0.6 is 12.4 Å². The molecule has 1 aromatic carbocycles. The average Bonchev–Trinajstić information content (AvgIpc) is 3.16. The first-order chi connectivity index (χ1) is 10.7. The minimum absolute atomic E-state index is 0. The van der Waals surface area contributed by atoms with E-state index < -0.39 is 0 Å². The van der Waals surface area contributed by atoms with Crippen LogP contribution in [0.5, 0.6) is 0 Å². The zero-order valence-electron chi connectivity index (χ0n) is 13.1. The van der Waals surface area contributed by atoms with E-state index in [4.69, 9.17) is 5.73 Å². The van der Waals surface area contributed by atoms with E-state index in [-0.39, 0.29) is 24.4 Å². The molecule has 2 N–H and O–H groups in total. The Morgan fingerprint density at radius 3 is 2.83 bits per heavy atom. The highest BCUT2D eigenvalue weighted by Gasteiger charge is 2.32. The van der Waals surface area contributed by atoms with Gasteiger partial charge in [-0.25, -0.2) is 9.67 Å². The molecular weight excluding hydrogens is 314 g/mol. The van der Waals surface area contributed by atoms with Crippen LogP contribution in [0.15, 0.2) is 36.9 Å². The summed E-state index contributed by atoms with van der Waals surface area (Å²) >= 11 is 0. The highest BCUT2D eigenvalue weighted by Crippen LogP contribution is 2.25. The molecule has 2 heterocycles. The van der Waals surface area contributed by atoms with Gasteiger partial charge in [0.1, 0.15) is 12.7 Å². The van der Waals surface area contributed by atoms with Crippen LogP contribution in [0.4, 0.5) is 0 Å². The highest BCUT2D eigenvalue weighted by atomic mass is 35.5. The molecule has 0 saturated carbocycles. The summed E-state index contributed by atoms with van der Waals surface area (Å²) in [4.78, 5) is 18.8. The lowest BCUT2D eigenvalue weighted by Gasteiger charge is -2.23. The molecule has 1 amide bonds. The number of likely N-dealkylation sites (tertiary alicyclic amines) is 1. The highest BCUT2D eigenvalue weighted by molar-refractivity contribution is 5.96. The number of halogens is 1. The summed E-state index contributed by atoms with van der Waals surface area (Å²) in [6.07, 6.45) is 4.14. The third-order valence-electron chi connectivity index (χ3n) is 4.30. The fourth-order valence-corrected chi connectivity index (χ4v) is 3.11. The third kappa shape index (κ3) is 3.71. The topological polar surface area (TPSA) is 77.0 Å². The number of hydrogen-bond donors (Lipinski definition) is 1. The van der Waals surface area contributed by atoms with Crippen LogP contribution in [0.25, 0.3) is 0 Å². The first-order valence-corrected chi connectivity index (χ1v) is 7.60. The molecule has 2 aromatic rings. The number of rotatable bonds is 4. The van der Waals surface area contributed by atoms with Crippen molar-refractivity contribution in [1.82, 2.24) is 19.7 Å². The molecule has 2 unspecified atom stereocenters. The van der Waals surface area contributed by atoms with Gasteiger partial charge in [0, 0.05) is 18.2 Å². The summed E-state index contributed by atoms with van der Waals surface area (Å²) in [6, 6.07) is 7.94. The average molecular weight is 336 g/mol. The maximum Gasteiger partial charge on any atom is 0.254 e. The van der Waals surface area contributed by atoms with Crippen LogP contribution in [0.2, 0.25) is 0 Å². The molecule has 1 aliphatic rings. The largest absolute Gasteiger partial charge is 0.336 e. The molecule has 2 atom stereocenters. The molecule has 0 radical (unpaired) electrons. The maximum atomic E-state index is 12.9. The number of benzene rings is 1. The molecule has 0 aliphatic carbocycles. The number of amides is 1. The van der Waals surface area contributed by atoms with Crippen molar-refractivity contribution in [1.29, 1.82) is 0 Å². The molecule has 3 rings (SSSR count). The fraction of sp³-hybridized carbons (Fsp3) is 0.438. The van der Waals surface area contributed by atoms with E-state index in [1.54, 1.807) is 11.0 Å². The van der Waals surface area contributed by atoms with E-state index >= 15 is 0 Å². The van der Waals surface area contributed by atoms with Crippen LogP contribution in [-0.2, 0) is 6.54 Å². The van der Waals surface area contributed by atoms with E-state index in [0.717, 1.165) is 24.1 Å². The Morgan fingerprint density at radius 2 is 2.17 bits per heavy atom. The number of aromatic nitrogens is 3. The zero-order chi connectivity index (χ0) is 15.5. The Bertz CT molecular complexity index is 646. The minimum Gasteiger partial charge on any atom is -0.336 e. The normalized spacial score (nSPS) is 20.3. The van der Waals surface area contributed by atoms with Crippen molar-refractivity contribution in [3.05, 3.63) is 48.0 Å². The van der Waals surface area contributed by atoms with Gasteiger partial charge in [0.05, 0.1) is 6.54 Å². The van der Waals surface area contributed by atoms with Crippen molar-refractivity contribution < 1.29 is 4.79 Å². The second-order valence-electron chi connectivity index (χ2n) is 5.89. The molecule has 1 aromatic heterocycles. The quantitative estimate of drug-likeness (QED) is 0.919. The van der Waals surface area contributed by atoms with Gasteiger partial charge in [-0.3, -0.25) is 4.79 Å². The number of carbonyl (C=O) groups is 1. The number of nitrogens with zero attached hydrogens (tertiary/aromatic N) is 4. The monoisotopic (exact) mass is 335 g/mol. The van der Waals surface area contributed by atoms with Gasteiger partial charge < -0.3 is 10.6 Å². The van der Waals surface area contributed by atoms with Gasteiger partial charge in [0.15, 0.2) is 0 Å². The number of carbonyl (C=O) groups excluding carboxylic acids is 1. The standard InChI is InChI=1S/C16H21N5O.ClH/c1-12-6-13(7-17)8-21(12)16(22)15-5-3-2-4-14(15)9-20-11-18-10-19-20;/h2-5,10-13H,6-9,17H2,1H3;1H. The summed E-state index contributed by atoms with van der Waals surface area (Å²) < 4.78 is 1.72. The second-order valence-corrected chi connectivity index (χ2v) is 5.89. The lowest BCUT2D eigenvalue weighted by atomic mass is 10.1. The first-order valence-electron chi connectivity index (χ1n) is 7.60. The first kappa shape index (κ1) is 17.4. The Hall–Kier alpha value is -1.92. The zero-order valence-corrected chi connectivity index (χ0v) is 13.9. The van der Waals surface area contributed by atoms with Gasteiger partial charge in [-0.15, -0.1) is 12.4 Å². The number of hydrogen-bond acceptors (Lipinski definition) is 4. The summed E-state index contributed by atoms with van der Waals surface area (Å²) in [5.74, 6) is 0.487. The van der Waals surface area contributed by atoms with E-state index in [0.29, 0.717) is 19.0 Å². The summed E-state index contributed by atoms with van der Waals surface area (Å²) in [5.41, 5.74) is 7.46. The lowest BCUT2D eigenvalue weighted by Crippen LogP contribution is -2.35. The Morgan fingerprint density at radius 1 is 1.39 bits per heavy atom. The number of nitrogens with two attached hydrogens (primary N) is 1. The van der Waals surface area contributed by atoms with Gasteiger partial charge in [-0.05, 0) is 37.4 Å². The van der Waals surface area contributed by atoms with Crippen molar-refractivity contribution in [2.75, 3.05) is 13.1 Å². The Labute approximate surface area is 142 Å². The van der Waals surface area contributed by atoms with E-state index in [1.807, 2.05) is 29.2 Å². The van der Waals surface area contributed by atoms with Crippen LogP contribution in [0.3, 0.4) is 0 Å². The Balaban J connectivity index is 0.00000192. The molecule has 1 saturated heterocycles. The van der Waals surface area contributed by atoms with Gasteiger partial charge in [0.2, 0.25) is 0 Å². The van der Waals surface area contributed by atoms with Crippen LogP contribution < -0.4 is 5.73 Å². The molecule has 1 fully saturated rings. The van der Waals surface area contributed by atoms with Crippen molar-refractivity contribution in [2.45, 2.75) is 25.9 Å². The smallest absolute Gasteiger partial charge is 0.254 e. The fourth-order valence-electron chi connectivity index (χ4n) is 3.11. The summed E-state index contributed by atoms with van der Waals surface area (Å²) in [7, 11) is 0. The van der Waals surface area contributed by atoms with Crippen molar-refractivity contribution in [3.8, 4) is 0 Å². The lowest BCUT2D eigenvalue weighted by molar-refractivity contribution is 0.0742. The van der Waals surface area contributed by atoms with Crippen molar-refractivity contribution in [3.63, 3.8) is 0 Å².